The monoisotopic (exact) mass is 390 g/mol. The summed E-state index contributed by atoms with van der Waals surface area (Å²) in [6.45, 7) is 2.20. The number of aromatic nitrogens is 3. The third kappa shape index (κ3) is 4.69. The fourth-order valence-corrected chi connectivity index (χ4v) is 3.80. The zero-order valence-corrected chi connectivity index (χ0v) is 15.4. The molecule has 3 rings (SSSR count). The lowest BCUT2D eigenvalue weighted by atomic mass is 10.1. The first-order valence-corrected chi connectivity index (χ1v) is 9.81. The van der Waals surface area contributed by atoms with Crippen molar-refractivity contribution in [2.75, 3.05) is 6.61 Å². The number of nitrogens with zero attached hydrogens (tertiary/aromatic N) is 3. The van der Waals surface area contributed by atoms with Gasteiger partial charge in [-0.1, -0.05) is 30.3 Å². The van der Waals surface area contributed by atoms with Gasteiger partial charge in [0.05, 0.1) is 36.5 Å². The Morgan fingerprint density at radius 3 is 2.48 bits per heavy atom. The normalized spacial score (nSPS) is 12.7. The molecule has 0 spiro atoms. The molecule has 2 aromatic carbocycles. The van der Waals surface area contributed by atoms with Crippen LogP contribution in [-0.2, 0) is 16.6 Å². The molecular formula is C18H19FN4O3S. The Labute approximate surface area is 156 Å². The summed E-state index contributed by atoms with van der Waals surface area (Å²) in [6.07, 6.45) is 3.02. The van der Waals surface area contributed by atoms with E-state index >= 15 is 0 Å². The largest absolute Gasteiger partial charge is 0.491 e. The van der Waals surface area contributed by atoms with Crippen LogP contribution >= 0.6 is 0 Å². The fourth-order valence-electron chi connectivity index (χ4n) is 2.57. The maximum absolute atomic E-state index is 14.1. The second-order valence-corrected chi connectivity index (χ2v) is 7.41. The Morgan fingerprint density at radius 2 is 1.85 bits per heavy atom. The van der Waals surface area contributed by atoms with E-state index < -0.39 is 21.9 Å². The molecule has 0 fully saturated rings. The lowest BCUT2D eigenvalue weighted by Gasteiger charge is -2.19. The fraction of sp³-hybridized carbons (Fsp3) is 0.222. The van der Waals surface area contributed by atoms with Gasteiger partial charge in [0.15, 0.2) is 11.6 Å². The highest BCUT2D eigenvalue weighted by Crippen LogP contribution is 2.23. The van der Waals surface area contributed by atoms with Crippen LogP contribution in [0, 0.1) is 5.82 Å². The Balaban J connectivity index is 1.88. The van der Waals surface area contributed by atoms with Gasteiger partial charge < -0.3 is 4.74 Å². The van der Waals surface area contributed by atoms with Gasteiger partial charge in [0.25, 0.3) is 0 Å². The maximum atomic E-state index is 14.1. The molecule has 0 aliphatic rings. The second kappa shape index (κ2) is 8.28. The predicted molar refractivity (Wildman–Crippen MR) is 97.1 cm³/mol. The summed E-state index contributed by atoms with van der Waals surface area (Å²) >= 11 is 0. The van der Waals surface area contributed by atoms with Crippen molar-refractivity contribution in [2.45, 2.75) is 24.4 Å². The van der Waals surface area contributed by atoms with Crippen LogP contribution in [0.3, 0.4) is 0 Å². The quantitative estimate of drug-likeness (QED) is 0.639. The lowest BCUT2D eigenvalue weighted by molar-refractivity contribution is 0.321. The van der Waals surface area contributed by atoms with Crippen LogP contribution in [0.25, 0.3) is 0 Å². The molecule has 0 amide bonds. The van der Waals surface area contributed by atoms with E-state index in [0.29, 0.717) is 0 Å². The van der Waals surface area contributed by atoms with Gasteiger partial charge in [0.2, 0.25) is 10.0 Å². The molecule has 1 atom stereocenters. The Hall–Kier alpha value is -2.78. The standard InChI is InChI=1S/C18H19FN4O3S/c1-2-26-18-9-8-15(12-16(18)19)27(24,25)22-17(13-23-20-10-11-21-23)14-6-4-3-5-7-14/h3-12,17,22H,2,13H2,1H3/t17-/m0/s1. The number of halogens is 1. The minimum absolute atomic E-state index is 0.0109. The summed E-state index contributed by atoms with van der Waals surface area (Å²) in [4.78, 5) is 1.21. The van der Waals surface area contributed by atoms with Crippen molar-refractivity contribution in [3.8, 4) is 5.75 Å². The highest BCUT2D eigenvalue weighted by molar-refractivity contribution is 7.89. The van der Waals surface area contributed by atoms with Crippen LogP contribution < -0.4 is 9.46 Å². The first-order chi connectivity index (χ1) is 13.0. The molecule has 7 nitrogen and oxygen atoms in total. The molecule has 0 saturated carbocycles. The zero-order valence-electron chi connectivity index (χ0n) is 14.6. The summed E-state index contributed by atoms with van der Waals surface area (Å²) in [5, 5.41) is 8.05. The average molecular weight is 390 g/mol. The SMILES string of the molecule is CCOc1ccc(S(=O)(=O)N[C@@H](Cn2nccn2)c2ccccc2)cc1F. The Morgan fingerprint density at radius 1 is 1.15 bits per heavy atom. The molecule has 27 heavy (non-hydrogen) atoms. The number of hydrogen-bond donors (Lipinski definition) is 1. The predicted octanol–water partition coefficient (Wildman–Crippen LogP) is 2.54. The number of sulfonamides is 1. The van der Waals surface area contributed by atoms with Crippen molar-refractivity contribution >= 4 is 10.0 Å². The van der Waals surface area contributed by atoms with Crippen LogP contribution in [0.4, 0.5) is 4.39 Å². The summed E-state index contributed by atoms with van der Waals surface area (Å²) in [6, 6.07) is 12.0. The van der Waals surface area contributed by atoms with Crippen molar-refractivity contribution in [3.63, 3.8) is 0 Å². The van der Waals surface area contributed by atoms with Crippen LogP contribution in [0.5, 0.6) is 5.75 Å². The summed E-state index contributed by atoms with van der Waals surface area (Å²) in [5.41, 5.74) is 0.741. The van der Waals surface area contributed by atoms with Gasteiger partial charge in [0, 0.05) is 0 Å². The summed E-state index contributed by atoms with van der Waals surface area (Å²) in [5.74, 6) is -0.721. The summed E-state index contributed by atoms with van der Waals surface area (Å²) in [7, 11) is -3.98. The molecule has 9 heteroatoms. The van der Waals surface area contributed by atoms with Crippen LogP contribution in [0.1, 0.15) is 18.5 Å². The second-order valence-electron chi connectivity index (χ2n) is 5.69. The Kier molecular flexibility index (Phi) is 5.82. The van der Waals surface area contributed by atoms with Gasteiger partial charge in [-0.05, 0) is 30.7 Å². The third-order valence-corrected chi connectivity index (χ3v) is 5.29. The van der Waals surface area contributed by atoms with Gasteiger partial charge in [0.1, 0.15) is 0 Å². The van der Waals surface area contributed by atoms with Crippen molar-refractivity contribution < 1.29 is 17.5 Å². The lowest BCUT2D eigenvalue weighted by Crippen LogP contribution is -2.32. The van der Waals surface area contributed by atoms with E-state index in [4.69, 9.17) is 4.74 Å². The molecule has 0 aliphatic heterocycles. The van der Waals surface area contributed by atoms with E-state index in [1.54, 1.807) is 19.1 Å². The van der Waals surface area contributed by atoms with Crippen molar-refractivity contribution in [1.29, 1.82) is 0 Å². The van der Waals surface area contributed by atoms with Crippen LogP contribution in [0.2, 0.25) is 0 Å². The summed E-state index contributed by atoms with van der Waals surface area (Å²) < 4.78 is 47.4. The van der Waals surface area contributed by atoms with Crippen LogP contribution in [-0.4, -0.2) is 30.0 Å². The minimum Gasteiger partial charge on any atom is -0.491 e. The number of benzene rings is 2. The van der Waals surface area contributed by atoms with Gasteiger partial charge in [-0.25, -0.2) is 17.5 Å². The van der Waals surface area contributed by atoms with Gasteiger partial charge in [-0.15, -0.1) is 0 Å². The molecule has 0 saturated heterocycles. The highest BCUT2D eigenvalue weighted by atomic mass is 32.2. The van der Waals surface area contributed by atoms with E-state index in [9.17, 15) is 12.8 Å². The zero-order chi connectivity index (χ0) is 19.3. The highest BCUT2D eigenvalue weighted by Gasteiger charge is 2.23. The first kappa shape index (κ1) is 19.0. The van der Waals surface area contributed by atoms with Gasteiger partial charge in [-0.3, -0.25) is 0 Å². The molecule has 0 bridgehead atoms. The number of nitrogens with one attached hydrogen (secondary N) is 1. The molecule has 0 unspecified atom stereocenters. The van der Waals surface area contributed by atoms with Crippen LogP contribution in [0.15, 0.2) is 65.8 Å². The maximum Gasteiger partial charge on any atom is 0.241 e. The van der Waals surface area contributed by atoms with E-state index in [1.165, 1.54) is 29.3 Å². The molecule has 142 valence electrons. The van der Waals surface area contributed by atoms with E-state index in [2.05, 4.69) is 14.9 Å². The van der Waals surface area contributed by atoms with E-state index in [0.717, 1.165) is 11.6 Å². The molecular weight excluding hydrogens is 371 g/mol. The molecule has 3 aromatic rings. The van der Waals surface area contributed by atoms with E-state index in [-0.39, 0.29) is 23.8 Å². The average Bonchev–Trinajstić information content (AvgIpc) is 3.16. The topological polar surface area (TPSA) is 86.1 Å². The number of hydrogen-bond acceptors (Lipinski definition) is 5. The van der Waals surface area contributed by atoms with E-state index in [1.807, 2.05) is 18.2 Å². The molecule has 1 aromatic heterocycles. The third-order valence-electron chi connectivity index (χ3n) is 3.83. The van der Waals surface area contributed by atoms with Crippen molar-refractivity contribution in [3.05, 3.63) is 72.3 Å². The minimum atomic E-state index is -3.98. The van der Waals surface area contributed by atoms with Crippen molar-refractivity contribution in [1.82, 2.24) is 19.7 Å². The number of ether oxygens (including phenoxy) is 1. The first-order valence-electron chi connectivity index (χ1n) is 8.33. The molecule has 1 heterocycles. The Bertz CT molecular complexity index is 979. The number of rotatable bonds is 8. The van der Waals surface area contributed by atoms with Gasteiger partial charge >= 0.3 is 0 Å². The molecule has 0 radical (unpaired) electrons. The van der Waals surface area contributed by atoms with Gasteiger partial charge in [-0.2, -0.15) is 15.0 Å². The molecule has 1 N–H and O–H groups in total. The smallest absolute Gasteiger partial charge is 0.241 e. The molecule has 0 aliphatic carbocycles. The van der Waals surface area contributed by atoms with Crippen molar-refractivity contribution in [2.24, 2.45) is 0 Å².